The summed E-state index contributed by atoms with van der Waals surface area (Å²) in [6, 6.07) is 24.4. The molecule has 5 nitrogen and oxygen atoms in total. The molecule has 0 bridgehead atoms. The van der Waals surface area contributed by atoms with Gasteiger partial charge in [0, 0.05) is 22.8 Å². The number of anilines is 1. The molecule has 36 heavy (non-hydrogen) atoms. The van der Waals surface area contributed by atoms with E-state index in [-0.39, 0.29) is 30.4 Å². The van der Waals surface area contributed by atoms with E-state index < -0.39 is 5.82 Å². The molecule has 2 heterocycles. The summed E-state index contributed by atoms with van der Waals surface area (Å²) in [7, 11) is 0. The Morgan fingerprint density at radius 3 is 2.28 bits per heavy atom. The quantitative estimate of drug-likeness (QED) is 0.337. The van der Waals surface area contributed by atoms with E-state index in [1.807, 2.05) is 66.9 Å². The second kappa shape index (κ2) is 8.95. The van der Waals surface area contributed by atoms with Gasteiger partial charge >= 0.3 is 0 Å². The van der Waals surface area contributed by atoms with Crippen LogP contribution in [0.25, 0.3) is 5.69 Å². The van der Waals surface area contributed by atoms with Crippen LogP contribution in [0.15, 0.2) is 91.1 Å². The van der Waals surface area contributed by atoms with E-state index in [2.05, 4.69) is 4.57 Å². The fourth-order valence-electron chi connectivity index (χ4n) is 4.96. The second-order valence-electron chi connectivity index (χ2n) is 9.18. The van der Waals surface area contributed by atoms with Crippen molar-refractivity contribution in [1.29, 1.82) is 0 Å². The van der Waals surface area contributed by atoms with E-state index in [0.717, 1.165) is 35.5 Å². The first-order chi connectivity index (χ1) is 17.5. The van der Waals surface area contributed by atoms with Gasteiger partial charge in [-0.15, -0.1) is 0 Å². The molecule has 0 radical (unpaired) electrons. The van der Waals surface area contributed by atoms with Crippen LogP contribution in [0.2, 0.25) is 5.02 Å². The molecule has 1 fully saturated rings. The number of carbonyl (C=O) groups is 2. The number of hydrogen-bond acceptors (Lipinski definition) is 2. The van der Waals surface area contributed by atoms with Crippen molar-refractivity contribution in [2.24, 2.45) is 0 Å². The molecule has 0 spiro atoms. The maximum absolute atomic E-state index is 14.1. The molecule has 4 aromatic rings. The Labute approximate surface area is 213 Å². The van der Waals surface area contributed by atoms with Gasteiger partial charge in [-0.2, -0.15) is 0 Å². The molecule has 1 atom stereocenters. The summed E-state index contributed by atoms with van der Waals surface area (Å²) in [5.41, 5.74) is 3.92. The Kier molecular flexibility index (Phi) is 5.61. The molecule has 2 aliphatic rings. The number of halogens is 2. The number of hydrogen-bond donors (Lipinski definition) is 0. The van der Waals surface area contributed by atoms with Crippen LogP contribution in [0.3, 0.4) is 0 Å². The molecule has 0 N–H and O–H groups in total. The zero-order chi connectivity index (χ0) is 24.8. The van der Waals surface area contributed by atoms with Crippen LogP contribution in [0.5, 0.6) is 0 Å². The van der Waals surface area contributed by atoms with Gasteiger partial charge in [-0.3, -0.25) is 14.5 Å². The fraction of sp³-hybridized carbons (Fsp3) is 0.172. The predicted molar refractivity (Wildman–Crippen MR) is 137 cm³/mol. The Morgan fingerprint density at radius 1 is 0.889 bits per heavy atom. The Morgan fingerprint density at radius 2 is 1.58 bits per heavy atom. The predicted octanol–water partition coefficient (Wildman–Crippen LogP) is 6.01. The summed E-state index contributed by atoms with van der Waals surface area (Å²) in [6.45, 7) is -0.0694. The van der Waals surface area contributed by atoms with Crippen LogP contribution in [-0.4, -0.2) is 33.9 Å². The highest BCUT2D eigenvalue weighted by molar-refractivity contribution is 6.30. The van der Waals surface area contributed by atoms with E-state index in [0.29, 0.717) is 10.6 Å². The van der Waals surface area contributed by atoms with Gasteiger partial charge in [0.05, 0.1) is 17.1 Å². The summed E-state index contributed by atoms with van der Waals surface area (Å²) >= 11 is 6.17. The first kappa shape index (κ1) is 22.6. The van der Waals surface area contributed by atoms with Crippen molar-refractivity contribution in [2.75, 3.05) is 11.4 Å². The molecule has 1 unspecified atom stereocenters. The molecule has 3 aromatic carbocycles. The molecule has 2 amide bonds. The molecule has 180 valence electrons. The van der Waals surface area contributed by atoms with Crippen molar-refractivity contribution in [3.05, 3.63) is 119 Å². The van der Waals surface area contributed by atoms with Crippen molar-refractivity contribution in [3.63, 3.8) is 0 Å². The monoisotopic (exact) mass is 499 g/mol. The lowest BCUT2D eigenvalue weighted by atomic mass is 9.97. The number of benzene rings is 3. The van der Waals surface area contributed by atoms with Gasteiger partial charge < -0.3 is 9.47 Å². The van der Waals surface area contributed by atoms with Crippen molar-refractivity contribution in [2.45, 2.75) is 24.9 Å². The first-order valence-corrected chi connectivity index (χ1v) is 12.3. The topological polar surface area (TPSA) is 45.6 Å². The highest BCUT2D eigenvalue weighted by Gasteiger charge is 2.40. The lowest BCUT2D eigenvalue weighted by Gasteiger charge is -2.39. The highest BCUT2D eigenvalue weighted by Crippen LogP contribution is 2.42. The Hall–Kier alpha value is -3.90. The van der Waals surface area contributed by atoms with Gasteiger partial charge in [0.1, 0.15) is 18.4 Å². The minimum Gasteiger partial charge on any atom is -0.326 e. The third-order valence-electron chi connectivity index (χ3n) is 6.82. The number of nitrogens with zero attached hydrogens (tertiary/aromatic N) is 3. The van der Waals surface area contributed by atoms with Crippen LogP contribution in [0.1, 0.15) is 40.5 Å². The van der Waals surface area contributed by atoms with Crippen LogP contribution in [0, 0.1) is 5.82 Å². The zero-order valence-electron chi connectivity index (χ0n) is 19.4. The van der Waals surface area contributed by atoms with E-state index in [4.69, 9.17) is 11.6 Å². The van der Waals surface area contributed by atoms with Crippen LogP contribution in [0.4, 0.5) is 10.1 Å². The number of fused-ring (bicyclic) bond motifs is 3. The molecule has 1 saturated carbocycles. The largest absolute Gasteiger partial charge is 0.326 e. The standard InChI is InChI=1S/C29H23ClFN3O2/c30-21-11-7-19(8-12-21)28-26-6-3-17-32(26)24-4-1-2-5-25(24)34(28)27(35)18-33(23-15-16-23)29(36)20-9-13-22(31)14-10-20/h1-14,17,23,28H,15-16,18H2. The first-order valence-electron chi connectivity index (χ1n) is 11.9. The number of aromatic nitrogens is 1. The van der Waals surface area contributed by atoms with Crippen molar-refractivity contribution in [3.8, 4) is 5.69 Å². The lowest BCUT2D eigenvalue weighted by molar-refractivity contribution is -0.119. The average molecular weight is 500 g/mol. The van der Waals surface area contributed by atoms with Gasteiger partial charge in [0.2, 0.25) is 5.91 Å². The van der Waals surface area contributed by atoms with Crippen LogP contribution in [-0.2, 0) is 4.79 Å². The maximum Gasteiger partial charge on any atom is 0.254 e. The third-order valence-corrected chi connectivity index (χ3v) is 7.07. The van der Waals surface area contributed by atoms with Gasteiger partial charge in [-0.1, -0.05) is 35.9 Å². The molecule has 1 aliphatic carbocycles. The lowest BCUT2D eigenvalue weighted by Crippen LogP contribution is -2.47. The van der Waals surface area contributed by atoms with Gasteiger partial charge in [0.15, 0.2) is 0 Å². The molecule has 7 heteroatoms. The maximum atomic E-state index is 14.1. The summed E-state index contributed by atoms with van der Waals surface area (Å²) in [5, 5.41) is 0.619. The third kappa shape index (κ3) is 3.97. The zero-order valence-corrected chi connectivity index (χ0v) is 20.1. The minimum atomic E-state index is -0.403. The van der Waals surface area contributed by atoms with E-state index in [1.54, 1.807) is 9.80 Å². The molecule has 1 aliphatic heterocycles. The number of rotatable bonds is 5. The highest BCUT2D eigenvalue weighted by atomic mass is 35.5. The van der Waals surface area contributed by atoms with Gasteiger partial charge in [0.25, 0.3) is 5.91 Å². The van der Waals surface area contributed by atoms with E-state index >= 15 is 0 Å². The Bertz CT molecular complexity index is 1440. The van der Waals surface area contributed by atoms with E-state index in [1.165, 1.54) is 24.3 Å². The summed E-state index contributed by atoms with van der Waals surface area (Å²) < 4.78 is 15.5. The summed E-state index contributed by atoms with van der Waals surface area (Å²) in [5.74, 6) is -0.848. The SMILES string of the molecule is O=C(c1ccc(F)cc1)N(CC(=O)N1c2ccccc2-n2cccc2C1c1ccc(Cl)cc1)C1CC1. The molecule has 0 saturated heterocycles. The van der Waals surface area contributed by atoms with Crippen molar-refractivity contribution >= 4 is 29.1 Å². The normalized spacial score (nSPS) is 16.3. The Balaban J connectivity index is 1.40. The van der Waals surface area contributed by atoms with E-state index in [9.17, 15) is 14.0 Å². The van der Waals surface area contributed by atoms with Gasteiger partial charge in [-0.05, 0) is 79.1 Å². The molecular weight excluding hydrogens is 477 g/mol. The van der Waals surface area contributed by atoms with Crippen LogP contribution >= 0.6 is 11.6 Å². The minimum absolute atomic E-state index is 0.00406. The summed E-state index contributed by atoms with van der Waals surface area (Å²) in [4.78, 5) is 30.9. The van der Waals surface area contributed by atoms with Crippen LogP contribution < -0.4 is 4.90 Å². The number of para-hydroxylation sites is 2. The molecular formula is C29H23ClFN3O2. The smallest absolute Gasteiger partial charge is 0.254 e. The van der Waals surface area contributed by atoms with Crippen molar-refractivity contribution in [1.82, 2.24) is 9.47 Å². The number of amides is 2. The molecule has 1 aromatic heterocycles. The average Bonchev–Trinajstić information content (AvgIpc) is 3.62. The number of carbonyl (C=O) groups excluding carboxylic acids is 2. The molecule has 6 rings (SSSR count). The van der Waals surface area contributed by atoms with Crippen molar-refractivity contribution < 1.29 is 14.0 Å². The fourth-order valence-corrected chi connectivity index (χ4v) is 5.08. The second-order valence-corrected chi connectivity index (χ2v) is 9.62. The van der Waals surface area contributed by atoms with Gasteiger partial charge in [-0.25, -0.2) is 4.39 Å². The summed E-state index contributed by atoms with van der Waals surface area (Å²) in [6.07, 6.45) is 3.69.